The zero-order chi connectivity index (χ0) is 14.2. The summed E-state index contributed by atoms with van der Waals surface area (Å²) in [6.07, 6.45) is 25.3. The van der Waals surface area contributed by atoms with Crippen LogP contribution in [-0.2, 0) is 0 Å². The smallest absolute Gasteiger partial charge is 0.0295 e. The van der Waals surface area contributed by atoms with Crippen LogP contribution in [-0.4, -0.2) is 0 Å². The van der Waals surface area contributed by atoms with Crippen molar-refractivity contribution in [3.8, 4) is 12.8 Å². The molecule has 0 nitrogen and oxygen atoms in total. The van der Waals surface area contributed by atoms with Gasteiger partial charge in [0, 0.05) is 0 Å². The first-order chi connectivity index (χ1) is 9.78. The fraction of sp³-hybridized carbons (Fsp3) is 0.900. The highest BCUT2D eigenvalue weighted by Gasteiger charge is 2.52. The van der Waals surface area contributed by atoms with Gasteiger partial charge < -0.3 is 0 Å². The Morgan fingerprint density at radius 1 is 0.700 bits per heavy atom. The zero-order valence-corrected chi connectivity index (χ0v) is 13.3. The normalized spacial score (nSPS) is 50.0. The van der Waals surface area contributed by atoms with Crippen LogP contribution in [0.1, 0.15) is 77.6 Å². The fourth-order valence-corrected chi connectivity index (χ4v) is 6.82. The quantitative estimate of drug-likeness (QED) is 0.498. The Morgan fingerprint density at radius 2 is 1.50 bits per heavy atom. The van der Waals surface area contributed by atoms with Crippen molar-refractivity contribution in [3.05, 3.63) is 0 Å². The summed E-state index contributed by atoms with van der Waals surface area (Å²) < 4.78 is 0. The van der Waals surface area contributed by atoms with E-state index in [0.717, 1.165) is 35.0 Å². The van der Waals surface area contributed by atoms with E-state index in [1.165, 1.54) is 0 Å². The third kappa shape index (κ3) is 2.22. The van der Waals surface area contributed by atoms with Crippen molar-refractivity contribution < 1.29 is 0 Å². The van der Waals surface area contributed by atoms with Crippen LogP contribution in [0.3, 0.4) is 0 Å². The monoisotopic (exact) mass is 272 g/mol. The lowest BCUT2D eigenvalue weighted by Crippen LogP contribution is -2.46. The molecule has 112 valence electrons. The maximum Gasteiger partial charge on any atom is -0.0295 e. The Bertz CT molecular complexity index is 354. The summed E-state index contributed by atoms with van der Waals surface area (Å²) in [5.74, 6) is 5.72. The highest BCUT2D eigenvalue weighted by molar-refractivity contribution is 5.02. The molecule has 4 saturated carbocycles. The Morgan fingerprint density at radius 3 is 2.35 bits per heavy atom. The van der Waals surface area contributed by atoms with E-state index in [1.54, 1.807) is 70.6 Å². The van der Waals surface area contributed by atoms with E-state index >= 15 is 0 Å². The van der Waals surface area contributed by atoms with Gasteiger partial charge in [-0.3, -0.25) is 0 Å². The first-order valence-electron chi connectivity index (χ1n) is 9.11. The Labute approximate surface area is 126 Å². The predicted octanol–water partition coefficient (Wildman–Crippen LogP) is 5.67. The van der Waals surface area contributed by atoms with Crippen molar-refractivity contribution in [2.75, 3.05) is 0 Å². The molecule has 0 aromatic heterocycles. The highest BCUT2D eigenvalue weighted by atomic mass is 14.6. The van der Waals surface area contributed by atoms with Crippen LogP contribution in [0.5, 0.6) is 0 Å². The van der Waals surface area contributed by atoms with E-state index in [0.29, 0.717) is 0 Å². The van der Waals surface area contributed by atoms with Gasteiger partial charge in [0.15, 0.2) is 0 Å². The van der Waals surface area contributed by atoms with Gasteiger partial charge in [-0.15, -0.1) is 12.8 Å². The third-order valence-electron chi connectivity index (χ3n) is 7.66. The van der Waals surface area contributed by atoms with Gasteiger partial charge in [-0.2, -0.15) is 0 Å². The van der Waals surface area contributed by atoms with Crippen molar-refractivity contribution in [1.29, 1.82) is 0 Å². The van der Waals surface area contributed by atoms with Crippen LogP contribution in [0.25, 0.3) is 0 Å². The minimum absolute atomic E-state index is 0.767. The molecule has 20 heavy (non-hydrogen) atoms. The second-order valence-electron chi connectivity index (χ2n) is 8.30. The van der Waals surface area contributed by atoms with E-state index in [-0.39, 0.29) is 0 Å². The molecule has 0 bridgehead atoms. The topological polar surface area (TPSA) is 0 Å². The minimum Gasteiger partial charge on any atom is -0.124 e. The predicted molar refractivity (Wildman–Crippen MR) is 86.2 cm³/mol. The number of rotatable bonds is 0. The molecule has 0 aliphatic heterocycles. The molecule has 0 heterocycles. The van der Waals surface area contributed by atoms with Crippen LogP contribution in [0.15, 0.2) is 0 Å². The number of terminal acetylenes is 1. The van der Waals surface area contributed by atoms with Gasteiger partial charge in [0.1, 0.15) is 0 Å². The number of hydrogen-bond donors (Lipinski definition) is 0. The average Bonchev–Trinajstić information content (AvgIpc) is 2.91. The summed E-state index contributed by atoms with van der Waals surface area (Å²) in [6, 6.07) is 0. The number of hydrogen-bond acceptors (Lipinski definition) is 0. The van der Waals surface area contributed by atoms with Crippen molar-refractivity contribution in [2.45, 2.75) is 77.6 Å². The van der Waals surface area contributed by atoms with Crippen LogP contribution in [0.2, 0.25) is 0 Å². The van der Waals surface area contributed by atoms with Crippen molar-refractivity contribution in [2.24, 2.45) is 35.0 Å². The lowest BCUT2D eigenvalue weighted by Gasteiger charge is -2.54. The van der Waals surface area contributed by atoms with Crippen molar-refractivity contribution in [3.63, 3.8) is 0 Å². The summed E-state index contributed by atoms with van der Waals surface area (Å²) >= 11 is 0. The minimum atomic E-state index is 0.767. The second-order valence-corrected chi connectivity index (χ2v) is 8.30. The first kappa shape index (κ1) is 14.5. The van der Waals surface area contributed by atoms with Gasteiger partial charge in [-0.05, 0) is 80.0 Å². The average molecular weight is 272 g/mol. The van der Waals surface area contributed by atoms with Crippen LogP contribution in [0.4, 0.5) is 0 Å². The molecule has 4 rings (SSSR count). The lowest BCUT2D eigenvalue weighted by atomic mass is 9.51. The molecule has 0 aromatic carbocycles. The summed E-state index contributed by atoms with van der Waals surface area (Å²) in [6.45, 7) is 2.63. The largest absolute Gasteiger partial charge is 0.124 e. The van der Waals surface area contributed by atoms with Gasteiger partial charge in [0.25, 0.3) is 0 Å². The van der Waals surface area contributed by atoms with E-state index in [9.17, 15) is 0 Å². The highest BCUT2D eigenvalue weighted by Crippen LogP contribution is 2.62. The van der Waals surface area contributed by atoms with Gasteiger partial charge in [-0.25, -0.2) is 0 Å². The molecule has 0 heteroatoms. The molecule has 0 spiro atoms. The summed E-state index contributed by atoms with van der Waals surface area (Å²) in [7, 11) is 0. The van der Waals surface area contributed by atoms with Crippen LogP contribution < -0.4 is 0 Å². The zero-order valence-electron chi connectivity index (χ0n) is 13.3. The molecule has 0 saturated heterocycles. The summed E-state index contributed by atoms with van der Waals surface area (Å²) in [5, 5.41) is 0. The molecule has 4 aliphatic rings. The molecule has 0 N–H and O–H groups in total. The van der Waals surface area contributed by atoms with E-state index in [1.807, 2.05) is 0 Å². The van der Waals surface area contributed by atoms with Crippen molar-refractivity contribution >= 4 is 0 Å². The van der Waals surface area contributed by atoms with Gasteiger partial charge in [-0.1, -0.05) is 32.6 Å². The van der Waals surface area contributed by atoms with Gasteiger partial charge >= 0.3 is 0 Å². The van der Waals surface area contributed by atoms with Crippen LogP contribution >= 0.6 is 0 Å². The third-order valence-corrected chi connectivity index (χ3v) is 7.66. The molecule has 0 amide bonds. The molecular formula is C20H32. The van der Waals surface area contributed by atoms with Gasteiger partial charge in [0.2, 0.25) is 0 Å². The molecule has 0 aromatic rings. The van der Waals surface area contributed by atoms with Crippen LogP contribution in [0, 0.1) is 47.9 Å². The molecule has 4 aliphatic carbocycles. The Balaban J connectivity index is 0.000000581. The van der Waals surface area contributed by atoms with E-state index in [4.69, 9.17) is 0 Å². The maximum absolute atomic E-state index is 4.00. The molecular weight excluding hydrogens is 240 g/mol. The van der Waals surface area contributed by atoms with E-state index < -0.39 is 0 Å². The number of fused-ring (bicyclic) bond motifs is 5. The first-order valence-corrected chi connectivity index (χ1v) is 9.11. The Kier molecular flexibility index (Phi) is 4.16. The summed E-state index contributed by atoms with van der Waals surface area (Å²) in [5.41, 5.74) is 0.767. The second kappa shape index (κ2) is 5.75. The maximum atomic E-state index is 4.00. The molecule has 4 fully saturated rings. The SMILES string of the molecule is C#C.C[C@@]12CCC[C@H]1[C@@H]1CCC3CCCC[C@@H]3[C@H]1CC2. The fourth-order valence-electron chi connectivity index (χ4n) is 6.82. The Hall–Kier alpha value is -0.440. The molecule has 1 unspecified atom stereocenters. The molecule has 6 atom stereocenters. The van der Waals surface area contributed by atoms with E-state index in [2.05, 4.69) is 19.8 Å². The summed E-state index contributed by atoms with van der Waals surface area (Å²) in [4.78, 5) is 0. The van der Waals surface area contributed by atoms with Gasteiger partial charge in [0.05, 0.1) is 0 Å². The van der Waals surface area contributed by atoms with Crippen molar-refractivity contribution in [1.82, 2.24) is 0 Å². The standard InChI is InChI=1S/C18H30.C2H2/c1-18-11-4-7-17(18)16-9-8-13-5-2-3-6-14(13)15(16)10-12-18;1-2/h13-17H,2-12H2,1H3;1-2H/t13?,14-,15+,16+,17-,18-;/m0./s1. The lowest BCUT2D eigenvalue weighted by molar-refractivity contribution is -0.0492. The molecule has 0 radical (unpaired) electrons.